The summed E-state index contributed by atoms with van der Waals surface area (Å²) in [5.41, 5.74) is 0.141. The smallest absolute Gasteiger partial charge is 0.245 e. The van der Waals surface area contributed by atoms with Gasteiger partial charge in [-0.2, -0.15) is 0 Å². The van der Waals surface area contributed by atoms with Gasteiger partial charge in [0.25, 0.3) is 0 Å². The highest BCUT2D eigenvalue weighted by molar-refractivity contribution is 5.90. The van der Waals surface area contributed by atoms with Crippen molar-refractivity contribution in [2.24, 2.45) is 11.3 Å². The van der Waals surface area contributed by atoms with Crippen LogP contribution in [0.25, 0.3) is 0 Å². The lowest BCUT2D eigenvalue weighted by atomic mass is 10.1. The molecule has 5 heteroatoms. The van der Waals surface area contributed by atoms with Gasteiger partial charge in [-0.05, 0) is 24.7 Å². The Hall–Kier alpha value is -1.10. The molecule has 1 saturated carbocycles. The molecule has 2 heterocycles. The van der Waals surface area contributed by atoms with Gasteiger partial charge < -0.3 is 15.1 Å². The van der Waals surface area contributed by atoms with E-state index in [-0.39, 0.29) is 29.2 Å². The van der Waals surface area contributed by atoms with E-state index in [9.17, 15) is 9.59 Å². The lowest BCUT2D eigenvalue weighted by molar-refractivity contribution is -0.145. The number of carbonyl (C=O) groups excluding carboxylic acids is 2. The van der Waals surface area contributed by atoms with Crippen molar-refractivity contribution >= 4 is 11.8 Å². The first kappa shape index (κ1) is 13.9. The standard InChI is InChI=1S/C15H25N3O2/c1-15(2)10-11(15)13(19)18-7-3-4-12(18)14(20)17-8-5-16-6-9-17/h11-12,16H,3-10H2,1-2H3. The molecular weight excluding hydrogens is 254 g/mol. The molecule has 2 aliphatic heterocycles. The second kappa shape index (κ2) is 5.02. The highest BCUT2D eigenvalue weighted by Crippen LogP contribution is 2.53. The van der Waals surface area contributed by atoms with Crippen LogP contribution in [0.2, 0.25) is 0 Å². The van der Waals surface area contributed by atoms with Gasteiger partial charge >= 0.3 is 0 Å². The molecule has 3 fully saturated rings. The second-order valence-corrected chi connectivity index (χ2v) is 7.01. The first-order chi connectivity index (χ1) is 9.50. The number of carbonyl (C=O) groups is 2. The van der Waals surface area contributed by atoms with E-state index in [1.165, 1.54) is 0 Å². The third kappa shape index (κ3) is 2.43. The van der Waals surface area contributed by atoms with Crippen LogP contribution >= 0.6 is 0 Å². The largest absolute Gasteiger partial charge is 0.338 e. The SMILES string of the molecule is CC1(C)CC1C(=O)N1CCCC1C(=O)N1CCNCC1. The summed E-state index contributed by atoms with van der Waals surface area (Å²) in [6, 6.07) is -0.197. The van der Waals surface area contributed by atoms with Crippen molar-refractivity contribution < 1.29 is 9.59 Å². The minimum absolute atomic E-state index is 0.138. The molecular formula is C15H25N3O2. The summed E-state index contributed by atoms with van der Waals surface area (Å²) in [6.45, 7) is 8.30. The molecule has 3 aliphatic rings. The van der Waals surface area contributed by atoms with E-state index in [0.717, 1.165) is 52.0 Å². The Bertz CT molecular complexity index is 415. The third-order valence-corrected chi connectivity index (χ3v) is 5.06. The zero-order chi connectivity index (χ0) is 14.3. The molecule has 112 valence electrons. The van der Waals surface area contributed by atoms with E-state index >= 15 is 0 Å². The lowest BCUT2D eigenvalue weighted by Gasteiger charge is -2.33. The molecule has 2 saturated heterocycles. The molecule has 0 bridgehead atoms. The van der Waals surface area contributed by atoms with E-state index in [1.807, 2.05) is 9.80 Å². The van der Waals surface area contributed by atoms with Gasteiger partial charge in [0.15, 0.2) is 0 Å². The fourth-order valence-corrected chi connectivity index (χ4v) is 3.47. The maximum Gasteiger partial charge on any atom is 0.245 e. The van der Waals surface area contributed by atoms with Crippen LogP contribution in [0.15, 0.2) is 0 Å². The molecule has 0 spiro atoms. The molecule has 2 atom stereocenters. The van der Waals surface area contributed by atoms with Gasteiger partial charge in [-0.15, -0.1) is 0 Å². The van der Waals surface area contributed by atoms with Crippen LogP contribution in [0.4, 0.5) is 0 Å². The Kier molecular flexibility index (Phi) is 3.48. The summed E-state index contributed by atoms with van der Waals surface area (Å²) in [4.78, 5) is 29.0. The monoisotopic (exact) mass is 279 g/mol. The van der Waals surface area contributed by atoms with E-state index < -0.39 is 0 Å². The summed E-state index contributed by atoms with van der Waals surface area (Å²) in [7, 11) is 0. The molecule has 1 aliphatic carbocycles. The highest BCUT2D eigenvalue weighted by atomic mass is 16.2. The normalized spacial score (nSPS) is 32.3. The number of hydrogen-bond donors (Lipinski definition) is 1. The molecule has 0 aromatic carbocycles. The first-order valence-corrected chi connectivity index (χ1v) is 7.81. The molecule has 20 heavy (non-hydrogen) atoms. The van der Waals surface area contributed by atoms with Crippen LogP contribution in [0.5, 0.6) is 0 Å². The van der Waals surface area contributed by atoms with Crippen molar-refractivity contribution in [3.63, 3.8) is 0 Å². The highest BCUT2D eigenvalue weighted by Gasteiger charge is 2.53. The van der Waals surface area contributed by atoms with Crippen LogP contribution < -0.4 is 5.32 Å². The van der Waals surface area contributed by atoms with Crippen molar-refractivity contribution in [1.82, 2.24) is 15.1 Å². The molecule has 5 nitrogen and oxygen atoms in total. The number of nitrogens with zero attached hydrogens (tertiary/aromatic N) is 2. The number of amides is 2. The van der Waals surface area contributed by atoms with Crippen LogP contribution in [0, 0.1) is 11.3 Å². The van der Waals surface area contributed by atoms with Crippen molar-refractivity contribution in [2.75, 3.05) is 32.7 Å². The number of piperazine rings is 1. The predicted octanol–water partition coefficient (Wildman–Crippen LogP) is 0.455. The van der Waals surface area contributed by atoms with Crippen LogP contribution in [-0.4, -0.2) is 60.4 Å². The van der Waals surface area contributed by atoms with Gasteiger partial charge in [0.2, 0.25) is 11.8 Å². The van der Waals surface area contributed by atoms with Gasteiger partial charge in [-0.25, -0.2) is 0 Å². The average Bonchev–Trinajstić information content (AvgIpc) is 2.89. The average molecular weight is 279 g/mol. The number of nitrogens with one attached hydrogen (secondary N) is 1. The second-order valence-electron chi connectivity index (χ2n) is 7.01. The van der Waals surface area contributed by atoms with E-state index in [0.29, 0.717) is 0 Å². The van der Waals surface area contributed by atoms with E-state index in [1.54, 1.807) is 0 Å². The van der Waals surface area contributed by atoms with Crippen molar-refractivity contribution in [1.29, 1.82) is 0 Å². The lowest BCUT2D eigenvalue weighted by Crippen LogP contribution is -2.53. The summed E-state index contributed by atoms with van der Waals surface area (Å²) < 4.78 is 0. The summed E-state index contributed by atoms with van der Waals surface area (Å²) in [5, 5.41) is 3.26. The van der Waals surface area contributed by atoms with Gasteiger partial charge in [-0.1, -0.05) is 13.8 Å². The Morgan fingerprint density at radius 1 is 1.10 bits per heavy atom. The Labute approximate surface area is 120 Å². The number of hydrogen-bond acceptors (Lipinski definition) is 3. The molecule has 2 amide bonds. The Morgan fingerprint density at radius 3 is 2.35 bits per heavy atom. The number of likely N-dealkylation sites (tertiary alicyclic amines) is 1. The molecule has 0 aromatic rings. The molecule has 0 radical (unpaired) electrons. The fraction of sp³-hybridized carbons (Fsp3) is 0.867. The zero-order valence-corrected chi connectivity index (χ0v) is 12.5. The molecule has 0 aromatic heterocycles. The quantitative estimate of drug-likeness (QED) is 0.799. The Morgan fingerprint density at radius 2 is 1.75 bits per heavy atom. The maximum absolute atomic E-state index is 12.6. The topological polar surface area (TPSA) is 52.7 Å². The van der Waals surface area contributed by atoms with Gasteiger partial charge in [-0.3, -0.25) is 9.59 Å². The van der Waals surface area contributed by atoms with Crippen LogP contribution in [0.3, 0.4) is 0 Å². The van der Waals surface area contributed by atoms with Gasteiger partial charge in [0.1, 0.15) is 6.04 Å². The summed E-state index contributed by atoms with van der Waals surface area (Å²) in [6.07, 6.45) is 2.76. The van der Waals surface area contributed by atoms with Crippen LogP contribution in [0.1, 0.15) is 33.1 Å². The Balaban J connectivity index is 1.66. The molecule has 2 unspecified atom stereocenters. The third-order valence-electron chi connectivity index (χ3n) is 5.06. The minimum atomic E-state index is -0.197. The minimum Gasteiger partial charge on any atom is -0.338 e. The molecule has 3 rings (SSSR count). The number of rotatable bonds is 2. The van der Waals surface area contributed by atoms with Crippen LogP contribution in [-0.2, 0) is 9.59 Å². The van der Waals surface area contributed by atoms with Crippen molar-refractivity contribution in [2.45, 2.75) is 39.2 Å². The van der Waals surface area contributed by atoms with Crippen molar-refractivity contribution in [3.05, 3.63) is 0 Å². The van der Waals surface area contributed by atoms with Gasteiger partial charge in [0, 0.05) is 38.6 Å². The maximum atomic E-state index is 12.6. The van der Waals surface area contributed by atoms with Gasteiger partial charge in [0.05, 0.1) is 0 Å². The van der Waals surface area contributed by atoms with E-state index in [4.69, 9.17) is 0 Å². The van der Waals surface area contributed by atoms with Crippen molar-refractivity contribution in [3.8, 4) is 0 Å². The zero-order valence-electron chi connectivity index (χ0n) is 12.5. The fourth-order valence-electron chi connectivity index (χ4n) is 3.47. The summed E-state index contributed by atoms with van der Waals surface area (Å²) >= 11 is 0. The summed E-state index contributed by atoms with van der Waals surface area (Å²) in [5.74, 6) is 0.510. The first-order valence-electron chi connectivity index (χ1n) is 7.81. The molecule has 1 N–H and O–H groups in total. The predicted molar refractivity (Wildman–Crippen MR) is 76.1 cm³/mol. The van der Waals surface area contributed by atoms with E-state index in [2.05, 4.69) is 19.2 Å².